The Morgan fingerprint density at radius 3 is 2.76 bits per heavy atom. The summed E-state index contributed by atoms with van der Waals surface area (Å²) in [4.78, 5) is 12.9. The molecule has 1 fully saturated rings. The van der Waals surface area contributed by atoms with Crippen molar-refractivity contribution in [2.24, 2.45) is 0 Å². The van der Waals surface area contributed by atoms with Gasteiger partial charge in [-0.05, 0) is 40.2 Å². The molecule has 0 aliphatic carbocycles. The maximum atomic E-state index is 12.2. The summed E-state index contributed by atoms with van der Waals surface area (Å²) in [5.41, 5.74) is -0.168. The van der Waals surface area contributed by atoms with Crippen molar-refractivity contribution in [2.75, 3.05) is 18.5 Å². The molecule has 0 spiro atoms. The maximum absolute atomic E-state index is 12.2. The van der Waals surface area contributed by atoms with E-state index in [1.165, 1.54) is 11.3 Å². The predicted molar refractivity (Wildman–Crippen MR) is 76.1 cm³/mol. The lowest BCUT2D eigenvalue weighted by Crippen LogP contribution is -2.53. The maximum Gasteiger partial charge on any atom is 0.262 e. The number of alkyl halides is 1. The van der Waals surface area contributed by atoms with E-state index in [1.54, 1.807) is 0 Å². The summed E-state index contributed by atoms with van der Waals surface area (Å²) in [6.07, 6.45) is 1.71. The molecule has 1 aromatic rings. The van der Waals surface area contributed by atoms with Gasteiger partial charge in [0.2, 0.25) is 0 Å². The standard InChI is InChI=1S/C11H13Br2NO2S/c12-7-11(2-4-16-5-3-11)14-10(15)9-8(13)1-6-17-9/h1,6H,2-5,7H2,(H,14,15). The van der Waals surface area contributed by atoms with Crippen molar-refractivity contribution in [1.82, 2.24) is 5.32 Å². The lowest BCUT2D eigenvalue weighted by atomic mass is 9.92. The molecule has 1 saturated heterocycles. The van der Waals surface area contributed by atoms with Crippen molar-refractivity contribution >= 4 is 49.1 Å². The van der Waals surface area contributed by atoms with Gasteiger partial charge in [-0.15, -0.1) is 11.3 Å². The highest BCUT2D eigenvalue weighted by Crippen LogP contribution is 2.27. The van der Waals surface area contributed by atoms with Gasteiger partial charge < -0.3 is 10.1 Å². The summed E-state index contributed by atoms with van der Waals surface area (Å²) in [7, 11) is 0. The number of carbonyl (C=O) groups excluding carboxylic acids is 1. The van der Waals surface area contributed by atoms with Crippen molar-refractivity contribution in [2.45, 2.75) is 18.4 Å². The van der Waals surface area contributed by atoms with Crippen LogP contribution in [0.5, 0.6) is 0 Å². The number of amides is 1. The Bertz CT molecular complexity index is 402. The van der Waals surface area contributed by atoms with Gasteiger partial charge in [0.15, 0.2) is 0 Å². The summed E-state index contributed by atoms with van der Waals surface area (Å²) in [5.74, 6) is -0.00627. The summed E-state index contributed by atoms with van der Waals surface area (Å²) in [6.45, 7) is 1.41. The number of rotatable bonds is 3. The fourth-order valence-corrected chi connectivity index (χ4v) is 3.95. The van der Waals surface area contributed by atoms with Gasteiger partial charge in [0, 0.05) is 23.0 Å². The molecule has 0 atom stereocenters. The fraction of sp³-hybridized carbons (Fsp3) is 0.545. The largest absolute Gasteiger partial charge is 0.381 e. The number of nitrogens with one attached hydrogen (secondary N) is 1. The zero-order valence-electron chi connectivity index (χ0n) is 9.17. The molecule has 0 unspecified atom stereocenters. The van der Waals surface area contributed by atoms with E-state index in [4.69, 9.17) is 4.74 Å². The Kier molecular flexibility index (Phi) is 4.63. The molecule has 1 aromatic heterocycles. The van der Waals surface area contributed by atoms with Gasteiger partial charge in [0.25, 0.3) is 5.91 Å². The molecule has 3 nitrogen and oxygen atoms in total. The number of ether oxygens (including phenoxy) is 1. The summed E-state index contributed by atoms with van der Waals surface area (Å²) in [5, 5.41) is 5.81. The highest BCUT2D eigenvalue weighted by Gasteiger charge is 2.33. The fourth-order valence-electron chi connectivity index (χ4n) is 1.81. The first-order valence-corrected chi connectivity index (χ1v) is 8.15. The molecule has 0 bridgehead atoms. The minimum Gasteiger partial charge on any atom is -0.381 e. The molecule has 0 aromatic carbocycles. The van der Waals surface area contributed by atoms with E-state index in [0.29, 0.717) is 13.2 Å². The molecular formula is C11H13Br2NO2S. The predicted octanol–water partition coefficient (Wildman–Crippen LogP) is 3.18. The highest BCUT2D eigenvalue weighted by atomic mass is 79.9. The van der Waals surface area contributed by atoms with Crippen LogP contribution in [0.15, 0.2) is 15.9 Å². The number of hydrogen-bond acceptors (Lipinski definition) is 3. The van der Waals surface area contributed by atoms with Crippen molar-refractivity contribution in [1.29, 1.82) is 0 Å². The third-order valence-corrected chi connectivity index (χ3v) is 5.82. The van der Waals surface area contributed by atoms with E-state index in [-0.39, 0.29) is 11.4 Å². The second kappa shape index (κ2) is 5.82. The van der Waals surface area contributed by atoms with Crippen LogP contribution in [0.1, 0.15) is 22.5 Å². The first-order chi connectivity index (χ1) is 8.17. The van der Waals surface area contributed by atoms with Crippen LogP contribution < -0.4 is 5.32 Å². The van der Waals surface area contributed by atoms with Crippen LogP contribution in [-0.2, 0) is 4.74 Å². The minimum atomic E-state index is -0.168. The molecule has 17 heavy (non-hydrogen) atoms. The van der Waals surface area contributed by atoms with E-state index in [2.05, 4.69) is 37.2 Å². The van der Waals surface area contributed by atoms with Crippen LogP contribution in [-0.4, -0.2) is 30.0 Å². The van der Waals surface area contributed by atoms with Crippen molar-refractivity contribution < 1.29 is 9.53 Å². The second-order valence-electron chi connectivity index (χ2n) is 4.08. The Hall–Kier alpha value is 0.0900. The summed E-state index contributed by atoms with van der Waals surface area (Å²) in [6, 6.07) is 1.89. The van der Waals surface area contributed by atoms with E-state index >= 15 is 0 Å². The SMILES string of the molecule is O=C(NC1(CBr)CCOCC1)c1sccc1Br. The second-order valence-corrected chi connectivity index (χ2v) is 6.41. The van der Waals surface area contributed by atoms with Crippen LogP contribution in [0.3, 0.4) is 0 Å². The zero-order chi connectivity index (χ0) is 12.3. The number of thiophene rings is 1. The molecule has 1 aliphatic rings. The molecule has 6 heteroatoms. The van der Waals surface area contributed by atoms with Crippen LogP contribution in [0.25, 0.3) is 0 Å². The van der Waals surface area contributed by atoms with Crippen LogP contribution in [0.2, 0.25) is 0 Å². The lowest BCUT2D eigenvalue weighted by Gasteiger charge is -2.36. The molecule has 1 amide bonds. The summed E-state index contributed by atoms with van der Waals surface area (Å²) < 4.78 is 6.20. The van der Waals surface area contributed by atoms with Crippen molar-refractivity contribution in [3.63, 3.8) is 0 Å². The molecule has 2 rings (SSSR count). The number of halogens is 2. The third kappa shape index (κ3) is 3.10. The molecule has 0 radical (unpaired) electrons. The summed E-state index contributed by atoms with van der Waals surface area (Å²) >= 11 is 8.33. The molecule has 2 heterocycles. The van der Waals surface area contributed by atoms with Crippen molar-refractivity contribution in [3.05, 3.63) is 20.8 Å². The Morgan fingerprint density at radius 2 is 2.24 bits per heavy atom. The molecular weight excluding hydrogens is 370 g/mol. The third-order valence-electron chi connectivity index (χ3n) is 2.91. The van der Waals surface area contributed by atoms with E-state index in [1.807, 2.05) is 11.4 Å². The molecule has 94 valence electrons. The molecule has 1 aliphatic heterocycles. The molecule has 1 N–H and O–H groups in total. The number of carbonyl (C=O) groups is 1. The Morgan fingerprint density at radius 1 is 1.53 bits per heavy atom. The van der Waals surface area contributed by atoms with Crippen LogP contribution in [0, 0.1) is 0 Å². The van der Waals surface area contributed by atoms with Crippen LogP contribution in [0.4, 0.5) is 0 Å². The van der Waals surface area contributed by atoms with Gasteiger partial charge in [-0.25, -0.2) is 0 Å². The van der Waals surface area contributed by atoms with E-state index in [0.717, 1.165) is 27.5 Å². The van der Waals surface area contributed by atoms with E-state index < -0.39 is 0 Å². The monoisotopic (exact) mass is 381 g/mol. The lowest BCUT2D eigenvalue weighted by molar-refractivity contribution is 0.0443. The topological polar surface area (TPSA) is 38.3 Å². The normalized spacial score (nSPS) is 18.9. The Balaban J connectivity index is 2.08. The van der Waals surface area contributed by atoms with Gasteiger partial charge >= 0.3 is 0 Å². The van der Waals surface area contributed by atoms with Crippen LogP contribution >= 0.6 is 43.2 Å². The average Bonchev–Trinajstić information content (AvgIpc) is 2.77. The smallest absolute Gasteiger partial charge is 0.262 e. The first kappa shape index (κ1) is 13.5. The first-order valence-electron chi connectivity index (χ1n) is 5.36. The van der Waals surface area contributed by atoms with Gasteiger partial charge in [-0.3, -0.25) is 4.79 Å². The molecule has 0 saturated carbocycles. The highest BCUT2D eigenvalue weighted by molar-refractivity contribution is 9.10. The minimum absolute atomic E-state index is 0.00627. The number of hydrogen-bond donors (Lipinski definition) is 1. The van der Waals surface area contributed by atoms with Crippen molar-refractivity contribution in [3.8, 4) is 0 Å². The zero-order valence-corrected chi connectivity index (χ0v) is 13.2. The van der Waals surface area contributed by atoms with Gasteiger partial charge in [-0.2, -0.15) is 0 Å². The van der Waals surface area contributed by atoms with Gasteiger partial charge in [0.05, 0.1) is 5.54 Å². The van der Waals surface area contributed by atoms with E-state index in [9.17, 15) is 4.79 Å². The quantitative estimate of drug-likeness (QED) is 0.815. The Labute approximate surface area is 121 Å². The van der Waals surface area contributed by atoms with Gasteiger partial charge in [-0.1, -0.05) is 15.9 Å². The van der Waals surface area contributed by atoms with Gasteiger partial charge in [0.1, 0.15) is 4.88 Å². The average molecular weight is 383 g/mol.